The zero-order chi connectivity index (χ0) is 14.1. The predicted octanol–water partition coefficient (Wildman–Crippen LogP) is 4.18. The summed E-state index contributed by atoms with van der Waals surface area (Å²) in [7, 11) is 0. The first-order valence-electron chi connectivity index (χ1n) is 6.79. The monoisotopic (exact) mass is 283 g/mol. The number of rotatable bonds is 8. The minimum absolute atomic E-state index is 0.0962. The molecule has 1 aromatic carbocycles. The Morgan fingerprint density at radius 3 is 2.84 bits per heavy atom. The Hall–Kier alpha value is -1.22. The van der Waals surface area contributed by atoms with Crippen LogP contribution in [-0.2, 0) is 9.53 Å². The molecule has 0 spiro atoms. The maximum Gasteiger partial charge on any atom is 0.305 e. The molecule has 0 radical (unpaired) electrons. The Morgan fingerprint density at radius 1 is 1.32 bits per heavy atom. The first-order valence-corrected chi connectivity index (χ1v) is 7.17. The Bertz CT molecular complexity index is 407. The highest BCUT2D eigenvalue weighted by Crippen LogP contribution is 2.20. The van der Waals surface area contributed by atoms with Crippen molar-refractivity contribution in [2.45, 2.75) is 39.5 Å². The largest absolute Gasteiger partial charge is 0.466 e. The number of hydrogen-bond donors (Lipinski definition) is 1. The van der Waals surface area contributed by atoms with Gasteiger partial charge in [0.1, 0.15) is 0 Å². The molecule has 0 aliphatic heterocycles. The van der Waals surface area contributed by atoms with E-state index in [9.17, 15) is 4.79 Å². The van der Waals surface area contributed by atoms with Crippen molar-refractivity contribution in [1.82, 2.24) is 0 Å². The number of benzene rings is 1. The third kappa shape index (κ3) is 6.48. The molecule has 1 rings (SSSR count). The number of esters is 1. The van der Waals surface area contributed by atoms with Crippen LogP contribution in [-0.4, -0.2) is 19.1 Å². The fourth-order valence-electron chi connectivity index (χ4n) is 1.81. The van der Waals surface area contributed by atoms with Crippen molar-refractivity contribution in [2.75, 3.05) is 18.5 Å². The van der Waals surface area contributed by atoms with E-state index in [0.29, 0.717) is 13.0 Å². The van der Waals surface area contributed by atoms with Gasteiger partial charge in [-0.15, -0.1) is 0 Å². The van der Waals surface area contributed by atoms with Crippen LogP contribution in [0, 0.1) is 6.92 Å². The maximum atomic E-state index is 11.1. The third-order valence-corrected chi connectivity index (χ3v) is 3.11. The summed E-state index contributed by atoms with van der Waals surface area (Å²) in [5.41, 5.74) is 2.27. The lowest BCUT2D eigenvalue weighted by molar-refractivity contribution is -0.143. The summed E-state index contributed by atoms with van der Waals surface area (Å²) in [6.45, 7) is 5.24. The average molecular weight is 284 g/mol. The van der Waals surface area contributed by atoms with Gasteiger partial charge in [0.15, 0.2) is 0 Å². The minimum atomic E-state index is -0.0962. The summed E-state index contributed by atoms with van der Waals surface area (Å²) in [5, 5.41) is 4.11. The van der Waals surface area contributed by atoms with Crippen LogP contribution in [0.5, 0.6) is 0 Å². The third-order valence-electron chi connectivity index (χ3n) is 2.88. The lowest BCUT2D eigenvalue weighted by Crippen LogP contribution is -2.05. The Balaban J connectivity index is 2.14. The average Bonchev–Trinajstić information content (AvgIpc) is 2.38. The maximum absolute atomic E-state index is 11.1. The molecule has 1 aromatic rings. The number of aryl methyl sites for hydroxylation is 1. The summed E-state index contributed by atoms with van der Waals surface area (Å²) in [6.07, 6.45) is 3.45. The molecule has 0 aliphatic carbocycles. The normalized spacial score (nSPS) is 10.3. The lowest BCUT2D eigenvalue weighted by atomic mass is 10.1. The Kier molecular flexibility index (Phi) is 7.34. The molecule has 0 atom stereocenters. The topological polar surface area (TPSA) is 38.3 Å². The van der Waals surface area contributed by atoms with E-state index in [1.807, 2.05) is 25.1 Å². The SMILES string of the molecule is CCOC(=O)CCCCCNc1cc(Cl)ccc1C. The van der Waals surface area contributed by atoms with Gasteiger partial charge in [0.05, 0.1) is 6.61 Å². The van der Waals surface area contributed by atoms with E-state index < -0.39 is 0 Å². The molecule has 1 N–H and O–H groups in total. The molecule has 0 amide bonds. The number of anilines is 1. The van der Waals surface area contributed by atoms with Crippen LogP contribution in [0.25, 0.3) is 0 Å². The molecule has 0 saturated heterocycles. The molecule has 0 fully saturated rings. The number of nitrogens with one attached hydrogen (secondary N) is 1. The van der Waals surface area contributed by atoms with Gasteiger partial charge >= 0.3 is 5.97 Å². The summed E-state index contributed by atoms with van der Waals surface area (Å²) < 4.78 is 4.88. The highest BCUT2D eigenvalue weighted by atomic mass is 35.5. The molecule has 0 aliphatic rings. The first-order chi connectivity index (χ1) is 9.13. The van der Waals surface area contributed by atoms with Crippen LogP contribution >= 0.6 is 11.6 Å². The van der Waals surface area contributed by atoms with Gasteiger partial charge in [-0.2, -0.15) is 0 Å². The standard InChI is InChI=1S/C15H22ClNO2/c1-3-19-15(18)7-5-4-6-10-17-14-11-13(16)9-8-12(14)2/h8-9,11,17H,3-7,10H2,1-2H3. The zero-order valence-electron chi connectivity index (χ0n) is 11.7. The Morgan fingerprint density at radius 2 is 2.11 bits per heavy atom. The van der Waals surface area contributed by atoms with Gasteiger partial charge in [-0.25, -0.2) is 0 Å². The zero-order valence-corrected chi connectivity index (χ0v) is 12.4. The van der Waals surface area contributed by atoms with Gasteiger partial charge in [-0.05, 0) is 44.4 Å². The van der Waals surface area contributed by atoms with Crippen molar-refractivity contribution >= 4 is 23.3 Å². The molecule has 0 saturated carbocycles. The molecule has 106 valence electrons. The number of halogens is 1. The van der Waals surface area contributed by atoms with Gasteiger partial charge in [0.2, 0.25) is 0 Å². The van der Waals surface area contributed by atoms with Crippen LogP contribution in [0.2, 0.25) is 5.02 Å². The molecule has 0 unspecified atom stereocenters. The van der Waals surface area contributed by atoms with Crippen LogP contribution < -0.4 is 5.32 Å². The summed E-state index contributed by atoms with van der Waals surface area (Å²) in [4.78, 5) is 11.1. The molecule has 4 heteroatoms. The first kappa shape index (κ1) is 15.8. The van der Waals surface area contributed by atoms with Gasteiger partial charge in [0.25, 0.3) is 0 Å². The second-order valence-corrected chi connectivity index (χ2v) is 4.94. The predicted molar refractivity (Wildman–Crippen MR) is 79.8 cm³/mol. The quantitative estimate of drug-likeness (QED) is 0.574. The number of hydrogen-bond acceptors (Lipinski definition) is 3. The van der Waals surface area contributed by atoms with Crippen molar-refractivity contribution in [3.63, 3.8) is 0 Å². The van der Waals surface area contributed by atoms with Crippen LogP contribution in [0.15, 0.2) is 18.2 Å². The summed E-state index contributed by atoms with van der Waals surface area (Å²) >= 11 is 5.95. The second-order valence-electron chi connectivity index (χ2n) is 4.50. The van der Waals surface area contributed by atoms with E-state index in [2.05, 4.69) is 12.2 Å². The second kappa shape index (κ2) is 8.81. The smallest absolute Gasteiger partial charge is 0.305 e. The fourth-order valence-corrected chi connectivity index (χ4v) is 1.98. The van der Waals surface area contributed by atoms with E-state index in [0.717, 1.165) is 36.5 Å². The van der Waals surface area contributed by atoms with Gasteiger partial charge in [-0.1, -0.05) is 24.1 Å². The van der Waals surface area contributed by atoms with E-state index in [4.69, 9.17) is 16.3 Å². The van der Waals surface area contributed by atoms with E-state index in [1.165, 1.54) is 5.56 Å². The molecular formula is C15H22ClNO2. The van der Waals surface area contributed by atoms with E-state index in [-0.39, 0.29) is 5.97 Å². The van der Waals surface area contributed by atoms with Gasteiger partial charge in [0, 0.05) is 23.7 Å². The van der Waals surface area contributed by atoms with E-state index >= 15 is 0 Å². The minimum Gasteiger partial charge on any atom is -0.466 e. The van der Waals surface area contributed by atoms with Crippen molar-refractivity contribution < 1.29 is 9.53 Å². The van der Waals surface area contributed by atoms with Gasteiger partial charge < -0.3 is 10.1 Å². The molecular weight excluding hydrogens is 262 g/mol. The highest BCUT2D eigenvalue weighted by molar-refractivity contribution is 6.30. The molecule has 3 nitrogen and oxygen atoms in total. The number of carbonyl (C=O) groups is 1. The number of unbranched alkanes of at least 4 members (excludes halogenated alkanes) is 2. The van der Waals surface area contributed by atoms with Gasteiger partial charge in [-0.3, -0.25) is 4.79 Å². The van der Waals surface area contributed by atoms with Crippen LogP contribution in [0.1, 0.15) is 38.2 Å². The highest BCUT2D eigenvalue weighted by Gasteiger charge is 2.01. The van der Waals surface area contributed by atoms with Crippen molar-refractivity contribution in [2.24, 2.45) is 0 Å². The van der Waals surface area contributed by atoms with Crippen LogP contribution in [0.4, 0.5) is 5.69 Å². The molecule has 0 bridgehead atoms. The summed E-state index contributed by atoms with van der Waals surface area (Å²) in [6, 6.07) is 5.84. The van der Waals surface area contributed by atoms with Crippen molar-refractivity contribution in [3.05, 3.63) is 28.8 Å². The van der Waals surface area contributed by atoms with E-state index in [1.54, 1.807) is 0 Å². The van der Waals surface area contributed by atoms with Crippen LogP contribution in [0.3, 0.4) is 0 Å². The van der Waals surface area contributed by atoms with Crippen molar-refractivity contribution in [3.8, 4) is 0 Å². The fraction of sp³-hybridized carbons (Fsp3) is 0.533. The Labute approximate surface area is 120 Å². The molecule has 19 heavy (non-hydrogen) atoms. The lowest BCUT2D eigenvalue weighted by Gasteiger charge is -2.09. The molecule has 0 heterocycles. The summed E-state index contributed by atoms with van der Waals surface area (Å²) in [5.74, 6) is -0.0962. The number of ether oxygens (including phenoxy) is 1. The number of carbonyl (C=O) groups excluding carboxylic acids is 1. The van der Waals surface area contributed by atoms with Crippen molar-refractivity contribution in [1.29, 1.82) is 0 Å². The molecule has 0 aromatic heterocycles.